The zero-order valence-electron chi connectivity index (χ0n) is 14.6. The fraction of sp³-hybridized carbons (Fsp3) is 0.263. The van der Waals surface area contributed by atoms with Crippen LogP contribution in [0.15, 0.2) is 46.8 Å². The number of amides is 1. The number of hydrogen-bond acceptors (Lipinski definition) is 6. The predicted molar refractivity (Wildman–Crippen MR) is 100 cm³/mol. The van der Waals surface area contributed by atoms with E-state index in [0.29, 0.717) is 23.2 Å². The van der Waals surface area contributed by atoms with Crippen LogP contribution in [0.25, 0.3) is 10.2 Å². The van der Waals surface area contributed by atoms with Gasteiger partial charge in [-0.2, -0.15) is 0 Å². The maximum atomic E-state index is 13.0. The van der Waals surface area contributed by atoms with Crippen LogP contribution in [0, 0.1) is 0 Å². The van der Waals surface area contributed by atoms with Crippen LogP contribution in [-0.2, 0) is 33.8 Å². The Morgan fingerprint density at radius 2 is 2.04 bits per heavy atom. The van der Waals surface area contributed by atoms with E-state index < -0.39 is 12.0 Å². The van der Waals surface area contributed by atoms with Crippen molar-refractivity contribution in [3.05, 3.63) is 63.5 Å². The molecule has 0 aliphatic carbocycles. The number of carbonyl (C=O) groups excluding carboxylic acids is 2. The number of fused-ring (bicyclic) bond motifs is 2. The number of carbonyl (C=O) groups is 2. The van der Waals surface area contributed by atoms with Gasteiger partial charge >= 0.3 is 5.97 Å². The number of hydrogen-bond donors (Lipinski definition) is 0. The fourth-order valence-electron chi connectivity index (χ4n) is 3.37. The molecule has 0 saturated heterocycles. The second kappa shape index (κ2) is 6.96. The molecule has 0 radical (unpaired) electrons. The largest absolute Gasteiger partial charge is 0.467 e. The van der Waals surface area contributed by atoms with Crippen molar-refractivity contribution in [2.45, 2.75) is 25.6 Å². The summed E-state index contributed by atoms with van der Waals surface area (Å²) in [6.45, 7) is 0.130. The Balaban J connectivity index is 1.65. The van der Waals surface area contributed by atoms with Crippen molar-refractivity contribution in [3.8, 4) is 0 Å². The smallest absolute Gasteiger partial charge is 0.328 e. The lowest BCUT2D eigenvalue weighted by atomic mass is 9.94. The van der Waals surface area contributed by atoms with Gasteiger partial charge in [-0.3, -0.25) is 14.2 Å². The number of rotatable bonds is 3. The Bertz CT molecular complexity index is 1090. The van der Waals surface area contributed by atoms with Crippen molar-refractivity contribution in [1.29, 1.82) is 0 Å². The first kappa shape index (κ1) is 17.4. The zero-order chi connectivity index (χ0) is 19.0. The van der Waals surface area contributed by atoms with Crippen molar-refractivity contribution >= 4 is 33.4 Å². The molecule has 138 valence electrons. The Morgan fingerprint density at radius 1 is 1.26 bits per heavy atom. The van der Waals surface area contributed by atoms with Crippen LogP contribution < -0.4 is 5.56 Å². The first-order chi connectivity index (χ1) is 13.1. The molecule has 27 heavy (non-hydrogen) atoms. The standard InChI is InChI=1S/C19H17N3O4S/c1-26-19(25)15-8-12-4-2-3-5-13(12)9-22(15)16(23)10-21-11-20-17-14(18(21)24)6-7-27-17/h2-7,11,15H,8-10H2,1H3/t15-/m0/s1. The van der Waals surface area contributed by atoms with Crippen LogP contribution in [0.1, 0.15) is 11.1 Å². The molecule has 3 aromatic rings. The van der Waals surface area contributed by atoms with Crippen molar-refractivity contribution in [2.75, 3.05) is 7.11 Å². The molecule has 0 unspecified atom stereocenters. The maximum Gasteiger partial charge on any atom is 0.328 e. The molecular formula is C19H17N3O4S. The molecular weight excluding hydrogens is 366 g/mol. The average Bonchev–Trinajstić information content (AvgIpc) is 3.18. The molecule has 4 rings (SSSR count). The maximum absolute atomic E-state index is 13.0. The third kappa shape index (κ3) is 3.12. The van der Waals surface area contributed by atoms with E-state index in [-0.39, 0.29) is 18.0 Å². The van der Waals surface area contributed by atoms with Crippen LogP contribution in [0.4, 0.5) is 0 Å². The number of methoxy groups -OCH3 is 1. The van der Waals surface area contributed by atoms with Crippen LogP contribution in [-0.4, -0.2) is 39.5 Å². The van der Waals surface area contributed by atoms with Crippen molar-refractivity contribution < 1.29 is 14.3 Å². The summed E-state index contributed by atoms with van der Waals surface area (Å²) in [6, 6.07) is 8.70. The van der Waals surface area contributed by atoms with Crippen LogP contribution in [0.3, 0.4) is 0 Å². The van der Waals surface area contributed by atoms with E-state index in [1.54, 1.807) is 11.4 Å². The first-order valence-corrected chi connectivity index (χ1v) is 9.33. The van der Waals surface area contributed by atoms with Crippen LogP contribution in [0.5, 0.6) is 0 Å². The third-order valence-corrected chi connectivity index (χ3v) is 5.62. The molecule has 0 spiro atoms. The Kier molecular flexibility index (Phi) is 4.49. The second-order valence-corrected chi connectivity index (χ2v) is 7.25. The number of benzene rings is 1. The summed E-state index contributed by atoms with van der Waals surface area (Å²) in [7, 11) is 1.31. The molecule has 0 fully saturated rings. The van der Waals surface area contributed by atoms with Gasteiger partial charge in [0.15, 0.2) is 0 Å². The van der Waals surface area contributed by atoms with Gasteiger partial charge in [-0.1, -0.05) is 24.3 Å². The molecule has 1 aliphatic heterocycles. The van der Waals surface area contributed by atoms with Crippen LogP contribution in [0.2, 0.25) is 0 Å². The van der Waals surface area contributed by atoms with Gasteiger partial charge in [0, 0.05) is 13.0 Å². The zero-order valence-corrected chi connectivity index (χ0v) is 15.4. The molecule has 1 amide bonds. The highest BCUT2D eigenvalue weighted by atomic mass is 32.1. The van der Waals surface area contributed by atoms with E-state index in [2.05, 4.69) is 4.98 Å². The normalized spacial score (nSPS) is 16.2. The minimum Gasteiger partial charge on any atom is -0.467 e. The second-order valence-electron chi connectivity index (χ2n) is 6.35. The molecule has 3 heterocycles. The lowest BCUT2D eigenvalue weighted by Crippen LogP contribution is -2.50. The molecule has 0 bridgehead atoms. The van der Waals surface area contributed by atoms with Gasteiger partial charge in [0.25, 0.3) is 5.56 Å². The Labute approximate surface area is 158 Å². The van der Waals surface area contributed by atoms with Gasteiger partial charge in [0.2, 0.25) is 5.91 Å². The molecule has 1 atom stereocenters. The van der Waals surface area contributed by atoms with E-state index in [4.69, 9.17) is 4.74 Å². The molecule has 8 heteroatoms. The lowest BCUT2D eigenvalue weighted by Gasteiger charge is -2.35. The topological polar surface area (TPSA) is 81.5 Å². The summed E-state index contributed by atoms with van der Waals surface area (Å²) >= 11 is 1.38. The van der Waals surface area contributed by atoms with Crippen molar-refractivity contribution in [1.82, 2.24) is 14.5 Å². The monoisotopic (exact) mass is 383 g/mol. The number of esters is 1. The van der Waals surface area contributed by atoms with Gasteiger partial charge < -0.3 is 9.64 Å². The van der Waals surface area contributed by atoms with Gasteiger partial charge in [-0.25, -0.2) is 9.78 Å². The SMILES string of the molecule is COC(=O)[C@@H]1Cc2ccccc2CN1C(=O)Cn1cnc2sccc2c1=O. The third-order valence-electron chi connectivity index (χ3n) is 4.80. The summed E-state index contributed by atoms with van der Waals surface area (Å²) in [5.41, 5.74) is 1.75. The summed E-state index contributed by atoms with van der Waals surface area (Å²) < 4.78 is 6.18. The average molecular weight is 383 g/mol. The molecule has 2 aromatic heterocycles. The van der Waals surface area contributed by atoms with Crippen molar-refractivity contribution in [2.24, 2.45) is 0 Å². The molecule has 1 aromatic carbocycles. The predicted octanol–water partition coefficient (Wildman–Crippen LogP) is 1.58. The lowest BCUT2D eigenvalue weighted by molar-refractivity contribution is -0.154. The van der Waals surface area contributed by atoms with Gasteiger partial charge in [0.1, 0.15) is 17.4 Å². The highest BCUT2D eigenvalue weighted by Crippen LogP contribution is 2.24. The van der Waals surface area contributed by atoms with E-state index in [1.165, 1.54) is 34.2 Å². The molecule has 0 saturated carbocycles. The van der Waals surface area contributed by atoms with Gasteiger partial charge in [-0.15, -0.1) is 11.3 Å². The summed E-state index contributed by atoms with van der Waals surface area (Å²) in [6.07, 6.45) is 1.77. The first-order valence-electron chi connectivity index (χ1n) is 8.45. The van der Waals surface area contributed by atoms with E-state index in [1.807, 2.05) is 24.3 Å². The summed E-state index contributed by atoms with van der Waals surface area (Å²) in [4.78, 5) is 44.1. The highest BCUT2D eigenvalue weighted by molar-refractivity contribution is 7.16. The quantitative estimate of drug-likeness (QED) is 0.642. The van der Waals surface area contributed by atoms with Gasteiger partial charge in [0.05, 0.1) is 18.8 Å². The molecule has 1 aliphatic rings. The minimum atomic E-state index is -0.703. The number of thiophene rings is 1. The molecule has 7 nitrogen and oxygen atoms in total. The van der Waals surface area contributed by atoms with E-state index >= 15 is 0 Å². The Hall–Kier alpha value is -3.00. The summed E-state index contributed by atoms with van der Waals surface area (Å²) in [5.74, 6) is -0.782. The number of nitrogens with zero attached hydrogens (tertiary/aromatic N) is 3. The summed E-state index contributed by atoms with van der Waals surface area (Å²) in [5, 5.41) is 2.28. The minimum absolute atomic E-state index is 0.173. The van der Waals surface area contributed by atoms with E-state index in [0.717, 1.165) is 11.1 Å². The highest BCUT2D eigenvalue weighted by Gasteiger charge is 2.35. The van der Waals surface area contributed by atoms with Gasteiger partial charge in [-0.05, 0) is 22.6 Å². The van der Waals surface area contributed by atoms with Crippen molar-refractivity contribution in [3.63, 3.8) is 0 Å². The number of aromatic nitrogens is 2. The number of ether oxygens (including phenoxy) is 1. The molecule has 0 N–H and O–H groups in total. The van der Waals surface area contributed by atoms with E-state index in [9.17, 15) is 14.4 Å². The Morgan fingerprint density at radius 3 is 2.81 bits per heavy atom. The van der Waals surface area contributed by atoms with Crippen LogP contribution >= 0.6 is 11.3 Å². The fourth-order valence-corrected chi connectivity index (χ4v) is 4.10.